The molecule has 0 spiro atoms. The second kappa shape index (κ2) is 9.20. The first-order valence-electron chi connectivity index (χ1n) is 7.30. The maximum absolute atomic E-state index is 12.1. The summed E-state index contributed by atoms with van der Waals surface area (Å²) >= 11 is 0. The second-order valence-electron chi connectivity index (χ2n) is 5.39. The molecule has 3 amide bonds. The molecule has 0 aliphatic heterocycles. The van der Waals surface area contributed by atoms with Crippen LogP contribution >= 0.6 is 0 Å². The van der Waals surface area contributed by atoms with E-state index < -0.39 is 18.0 Å². The van der Waals surface area contributed by atoms with Gasteiger partial charge < -0.3 is 20.6 Å². The van der Waals surface area contributed by atoms with Gasteiger partial charge in [-0.15, -0.1) is 0 Å². The molecule has 0 rings (SSSR count). The van der Waals surface area contributed by atoms with Crippen molar-refractivity contribution in [3.63, 3.8) is 0 Å². The van der Waals surface area contributed by atoms with Crippen molar-refractivity contribution in [2.45, 2.75) is 53.1 Å². The van der Waals surface area contributed by atoms with Gasteiger partial charge in [0.1, 0.15) is 12.6 Å². The van der Waals surface area contributed by atoms with E-state index in [1.54, 1.807) is 13.8 Å². The Bertz CT molecular complexity index is 371. The summed E-state index contributed by atoms with van der Waals surface area (Å²) in [6.07, 6.45) is 0.636. The van der Waals surface area contributed by atoms with Crippen LogP contribution in [-0.2, 0) is 9.59 Å². The summed E-state index contributed by atoms with van der Waals surface area (Å²) in [7, 11) is 0. The van der Waals surface area contributed by atoms with Crippen molar-refractivity contribution in [1.29, 1.82) is 0 Å². The number of likely N-dealkylation sites (N-methyl/N-ethyl adjacent to an activating group) is 1. The highest BCUT2D eigenvalue weighted by Crippen LogP contribution is 2.08. The molecule has 0 saturated heterocycles. The van der Waals surface area contributed by atoms with Gasteiger partial charge in [-0.05, 0) is 26.7 Å². The third kappa shape index (κ3) is 6.97. The SMILES string of the molecule is CC[C@H](C)[C@H](NC(=O)N(CC)CC(=O)NC(C)C)C(=O)O. The van der Waals surface area contributed by atoms with E-state index in [1.165, 1.54) is 4.90 Å². The van der Waals surface area contributed by atoms with E-state index >= 15 is 0 Å². The molecule has 3 N–H and O–H groups in total. The van der Waals surface area contributed by atoms with Crippen LogP contribution in [0.15, 0.2) is 0 Å². The molecule has 0 radical (unpaired) electrons. The summed E-state index contributed by atoms with van der Waals surface area (Å²) in [5.74, 6) is -1.52. The number of amides is 3. The van der Waals surface area contributed by atoms with Crippen LogP contribution in [0, 0.1) is 5.92 Å². The average Bonchev–Trinajstić information content (AvgIpc) is 2.39. The average molecular weight is 301 g/mol. The minimum Gasteiger partial charge on any atom is -0.480 e. The lowest BCUT2D eigenvalue weighted by Crippen LogP contribution is -2.52. The topological polar surface area (TPSA) is 98.7 Å². The molecular weight excluding hydrogens is 274 g/mol. The molecule has 0 bridgehead atoms. The number of hydrogen-bond acceptors (Lipinski definition) is 3. The van der Waals surface area contributed by atoms with Crippen molar-refractivity contribution in [2.24, 2.45) is 5.92 Å². The van der Waals surface area contributed by atoms with E-state index in [0.717, 1.165) is 0 Å². The van der Waals surface area contributed by atoms with Gasteiger partial charge in [-0.1, -0.05) is 20.3 Å². The Kier molecular flexibility index (Phi) is 8.42. The molecule has 0 aliphatic carbocycles. The highest BCUT2D eigenvalue weighted by Gasteiger charge is 2.27. The zero-order chi connectivity index (χ0) is 16.6. The molecule has 0 saturated carbocycles. The third-order valence-electron chi connectivity index (χ3n) is 3.21. The fourth-order valence-electron chi connectivity index (χ4n) is 1.78. The molecule has 0 aromatic carbocycles. The van der Waals surface area contributed by atoms with Crippen molar-refractivity contribution >= 4 is 17.9 Å². The van der Waals surface area contributed by atoms with Crippen LogP contribution in [0.5, 0.6) is 0 Å². The van der Waals surface area contributed by atoms with Crippen LogP contribution in [0.1, 0.15) is 41.0 Å². The zero-order valence-electron chi connectivity index (χ0n) is 13.5. The maximum Gasteiger partial charge on any atom is 0.326 e. The standard InChI is InChI=1S/C14H27N3O4/c1-6-10(5)12(13(19)20)16-14(21)17(7-2)8-11(18)15-9(3)4/h9-10,12H,6-8H2,1-5H3,(H,15,18)(H,16,21)(H,19,20)/t10-,12-/m0/s1. The predicted molar refractivity (Wildman–Crippen MR) is 79.9 cm³/mol. The van der Waals surface area contributed by atoms with E-state index in [9.17, 15) is 14.4 Å². The van der Waals surface area contributed by atoms with Crippen molar-refractivity contribution < 1.29 is 19.5 Å². The molecule has 2 atom stereocenters. The highest BCUT2D eigenvalue weighted by molar-refractivity contribution is 5.86. The molecule has 21 heavy (non-hydrogen) atoms. The Hall–Kier alpha value is -1.79. The van der Waals surface area contributed by atoms with Gasteiger partial charge in [-0.25, -0.2) is 9.59 Å². The van der Waals surface area contributed by atoms with Crippen molar-refractivity contribution in [1.82, 2.24) is 15.5 Å². The summed E-state index contributed by atoms with van der Waals surface area (Å²) in [5, 5.41) is 14.3. The largest absolute Gasteiger partial charge is 0.480 e. The minimum absolute atomic E-state index is 0.00820. The summed E-state index contributed by atoms with van der Waals surface area (Å²) in [4.78, 5) is 36.3. The normalized spacial score (nSPS) is 13.4. The molecule has 0 aromatic rings. The van der Waals surface area contributed by atoms with Gasteiger partial charge in [-0.2, -0.15) is 0 Å². The number of carboxylic acid groups (broad SMARTS) is 1. The Morgan fingerprint density at radius 2 is 1.67 bits per heavy atom. The van der Waals surface area contributed by atoms with Crippen LogP contribution in [-0.4, -0.2) is 53.1 Å². The Balaban J connectivity index is 4.70. The smallest absolute Gasteiger partial charge is 0.326 e. The number of carbonyl (C=O) groups excluding carboxylic acids is 2. The minimum atomic E-state index is -1.07. The van der Waals surface area contributed by atoms with Gasteiger partial charge >= 0.3 is 12.0 Å². The fourth-order valence-corrected chi connectivity index (χ4v) is 1.78. The summed E-state index contributed by atoms with van der Waals surface area (Å²) in [5.41, 5.74) is 0. The summed E-state index contributed by atoms with van der Waals surface area (Å²) in [6.45, 7) is 9.26. The van der Waals surface area contributed by atoms with Gasteiger partial charge in [0.15, 0.2) is 0 Å². The number of aliphatic carboxylic acids is 1. The second-order valence-corrected chi connectivity index (χ2v) is 5.39. The van der Waals surface area contributed by atoms with E-state index in [4.69, 9.17) is 5.11 Å². The van der Waals surface area contributed by atoms with Gasteiger partial charge in [0, 0.05) is 12.6 Å². The molecule has 122 valence electrons. The van der Waals surface area contributed by atoms with Crippen molar-refractivity contribution in [3.8, 4) is 0 Å². The molecule has 0 aromatic heterocycles. The fraction of sp³-hybridized carbons (Fsp3) is 0.786. The van der Waals surface area contributed by atoms with Gasteiger partial charge in [0.25, 0.3) is 0 Å². The monoisotopic (exact) mass is 301 g/mol. The Labute approximate surface area is 126 Å². The number of carbonyl (C=O) groups is 3. The number of nitrogens with zero attached hydrogens (tertiary/aromatic N) is 1. The molecule has 0 fully saturated rings. The van der Waals surface area contributed by atoms with Crippen LogP contribution in [0.25, 0.3) is 0 Å². The highest BCUT2D eigenvalue weighted by atomic mass is 16.4. The van der Waals surface area contributed by atoms with Gasteiger partial charge in [0.05, 0.1) is 0 Å². The molecule has 0 aliphatic rings. The lowest BCUT2D eigenvalue weighted by molar-refractivity contribution is -0.140. The molecule has 7 nitrogen and oxygen atoms in total. The number of rotatable bonds is 8. The van der Waals surface area contributed by atoms with Crippen molar-refractivity contribution in [3.05, 3.63) is 0 Å². The first-order chi connectivity index (χ1) is 9.72. The summed E-state index contributed by atoms with van der Waals surface area (Å²) in [6, 6.07) is -1.50. The molecule has 0 unspecified atom stereocenters. The third-order valence-corrected chi connectivity index (χ3v) is 3.21. The van der Waals surface area contributed by atoms with Crippen LogP contribution < -0.4 is 10.6 Å². The Morgan fingerprint density at radius 1 is 1.10 bits per heavy atom. The summed E-state index contributed by atoms with van der Waals surface area (Å²) < 4.78 is 0. The number of nitrogens with one attached hydrogen (secondary N) is 2. The maximum atomic E-state index is 12.1. The van der Waals surface area contributed by atoms with Crippen molar-refractivity contribution in [2.75, 3.05) is 13.1 Å². The van der Waals surface area contributed by atoms with E-state index in [-0.39, 0.29) is 24.4 Å². The zero-order valence-corrected chi connectivity index (χ0v) is 13.5. The van der Waals surface area contributed by atoms with Crippen LogP contribution in [0.4, 0.5) is 4.79 Å². The van der Waals surface area contributed by atoms with Gasteiger partial charge in [0.2, 0.25) is 5.91 Å². The Morgan fingerprint density at radius 3 is 2.05 bits per heavy atom. The molecule has 7 heteroatoms. The molecule has 0 heterocycles. The quantitative estimate of drug-likeness (QED) is 0.624. The van der Waals surface area contributed by atoms with E-state index in [0.29, 0.717) is 13.0 Å². The van der Waals surface area contributed by atoms with Crippen LogP contribution in [0.2, 0.25) is 0 Å². The lowest BCUT2D eigenvalue weighted by atomic mass is 9.99. The first-order valence-corrected chi connectivity index (χ1v) is 7.30. The van der Waals surface area contributed by atoms with E-state index in [1.807, 2.05) is 20.8 Å². The first kappa shape index (κ1) is 19.2. The van der Waals surface area contributed by atoms with Gasteiger partial charge in [-0.3, -0.25) is 4.79 Å². The van der Waals surface area contributed by atoms with E-state index in [2.05, 4.69) is 10.6 Å². The number of carboxylic acids is 1. The number of urea groups is 1. The number of hydrogen-bond donors (Lipinski definition) is 3. The predicted octanol–water partition coefficient (Wildman–Crippen LogP) is 1.04. The van der Waals surface area contributed by atoms with Crippen LogP contribution in [0.3, 0.4) is 0 Å². The lowest BCUT2D eigenvalue weighted by Gasteiger charge is -2.26. The molecular formula is C14H27N3O4.